The molecule has 0 bridgehead atoms. The highest BCUT2D eigenvalue weighted by molar-refractivity contribution is 5.34. The quantitative estimate of drug-likeness (QED) is 0.773. The van der Waals surface area contributed by atoms with E-state index in [2.05, 4.69) is 6.07 Å². The molecule has 2 aliphatic rings. The third-order valence-corrected chi connectivity index (χ3v) is 3.19. The highest BCUT2D eigenvalue weighted by Gasteiger charge is 2.43. The van der Waals surface area contributed by atoms with Gasteiger partial charge in [-0.15, -0.1) is 0 Å². The number of nitrogens with zero attached hydrogens (tertiary/aromatic N) is 1. The second-order valence-electron chi connectivity index (χ2n) is 4.29. The molecule has 2 heterocycles. The molecule has 0 spiro atoms. The summed E-state index contributed by atoms with van der Waals surface area (Å²) < 4.78 is 17.0. The maximum absolute atomic E-state index is 8.71. The molecule has 17 heavy (non-hydrogen) atoms. The molecule has 0 saturated carbocycles. The van der Waals surface area contributed by atoms with Crippen LogP contribution in [0.25, 0.3) is 0 Å². The summed E-state index contributed by atoms with van der Waals surface area (Å²) in [5.41, 5.74) is 0.634. The molecule has 88 valence electrons. The lowest BCUT2D eigenvalue weighted by molar-refractivity contribution is 0.0308. The highest BCUT2D eigenvalue weighted by Crippen LogP contribution is 2.29. The molecule has 0 aromatic heterocycles. The fourth-order valence-corrected chi connectivity index (χ4v) is 2.31. The molecule has 1 aromatic carbocycles. The summed E-state index contributed by atoms with van der Waals surface area (Å²) in [4.78, 5) is 0. The summed E-state index contributed by atoms with van der Waals surface area (Å²) in [7, 11) is 0. The summed E-state index contributed by atoms with van der Waals surface area (Å²) in [6.45, 7) is 1.33. The number of hydrogen-bond acceptors (Lipinski definition) is 4. The van der Waals surface area contributed by atoms with E-state index in [0.29, 0.717) is 12.2 Å². The van der Waals surface area contributed by atoms with Gasteiger partial charge in [0.25, 0.3) is 0 Å². The molecule has 0 N–H and O–H groups in total. The van der Waals surface area contributed by atoms with Crippen molar-refractivity contribution in [1.82, 2.24) is 0 Å². The molecule has 3 rings (SSSR count). The molecule has 0 radical (unpaired) electrons. The van der Waals surface area contributed by atoms with Crippen LogP contribution in [0.4, 0.5) is 0 Å². The molecular weight excluding hydrogens is 218 g/mol. The van der Waals surface area contributed by atoms with E-state index in [-0.39, 0.29) is 18.3 Å². The van der Waals surface area contributed by atoms with E-state index in [1.54, 1.807) is 24.3 Å². The van der Waals surface area contributed by atoms with Crippen LogP contribution in [-0.4, -0.2) is 31.5 Å². The highest BCUT2D eigenvalue weighted by atomic mass is 16.6. The molecule has 2 aliphatic heterocycles. The fraction of sp³-hybridized carbons (Fsp3) is 0.462. The van der Waals surface area contributed by atoms with Crippen LogP contribution < -0.4 is 4.74 Å². The Balaban J connectivity index is 1.68. The van der Waals surface area contributed by atoms with Crippen LogP contribution in [0.2, 0.25) is 0 Å². The Kier molecular flexibility index (Phi) is 2.71. The predicted molar refractivity (Wildman–Crippen MR) is 59.7 cm³/mol. The SMILES string of the molecule is N#Cc1ccc(OC2COC3CCOC32)cc1. The monoisotopic (exact) mass is 231 g/mol. The molecule has 0 aliphatic carbocycles. The van der Waals surface area contributed by atoms with Crippen LogP contribution in [0.15, 0.2) is 24.3 Å². The van der Waals surface area contributed by atoms with Gasteiger partial charge in [0.2, 0.25) is 0 Å². The van der Waals surface area contributed by atoms with E-state index in [9.17, 15) is 0 Å². The van der Waals surface area contributed by atoms with Crippen molar-refractivity contribution in [1.29, 1.82) is 5.26 Å². The Morgan fingerprint density at radius 1 is 1.24 bits per heavy atom. The van der Waals surface area contributed by atoms with Gasteiger partial charge in [-0.05, 0) is 30.7 Å². The zero-order chi connectivity index (χ0) is 11.7. The number of ether oxygens (including phenoxy) is 3. The Morgan fingerprint density at radius 3 is 2.82 bits per heavy atom. The average Bonchev–Trinajstić information content (AvgIpc) is 2.95. The molecule has 4 nitrogen and oxygen atoms in total. The van der Waals surface area contributed by atoms with Crippen molar-refractivity contribution >= 4 is 0 Å². The summed E-state index contributed by atoms with van der Waals surface area (Å²) >= 11 is 0. The molecule has 1 aromatic rings. The maximum atomic E-state index is 8.71. The lowest BCUT2D eigenvalue weighted by Crippen LogP contribution is -2.32. The Hall–Kier alpha value is -1.57. The summed E-state index contributed by atoms with van der Waals surface area (Å²) in [6, 6.07) is 9.19. The molecular formula is C13H13NO3. The number of rotatable bonds is 2. The second-order valence-corrected chi connectivity index (χ2v) is 4.29. The molecule has 2 saturated heterocycles. The van der Waals surface area contributed by atoms with Crippen LogP contribution in [0.5, 0.6) is 5.75 Å². The zero-order valence-electron chi connectivity index (χ0n) is 9.33. The number of hydrogen-bond donors (Lipinski definition) is 0. The van der Waals surface area contributed by atoms with Gasteiger partial charge in [-0.1, -0.05) is 0 Å². The minimum Gasteiger partial charge on any atom is -0.485 e. The third-order valence-electron chi connectivity index (χ3n) is 3.19. The van der Waals surface area contributed by atoms with Crippen molar-refractivity contribution in [3.63, 3.8) is 0 Å². The predicted octanol–water partition coefficient (Wildman–Crippen LogP) is 1.49. The molecule has 2 fully saturated rings. The third kappa shape index (κ3) is 1.99. The molecule has 4 heteroatoms. The minimum absolute atomic E-state index is 0.0320. The van der Waals surface area contributed by atoms with Gasteiger partial charge in [0.1, 0.15) is 11.9 Å². The van der Waals surface area contributed by atoms with Crippen molar-refractivity contribution in [2.75, 3.05) is 13.2 Å². The second kappa shape index (κ2) is 4.36. The minimum atomic E-state index is -0.0320. The first-order valence-corrected chi connectivity index (χ1v) is 5.77. The van der Waals surface area contributed by atoms with Crippen LogP contribution in [0.3, 0.4) is 0 Å². The molecule has 3 atom stereocenters. The Morgan fingerprint density at radius 2 is 2.06 bits per heavy atom. The van der Waals surface area contributed by atoms with Gasteiger partial charge >= 0.3 is 0 Å². The number of fused-ring (bicyclic) bond motifs is 1. The summed E-state index contributed by atoms with van der Waals surface area (Å²) in [5, 5.41) is 8.71. The van der Waals surface area contributed by atoms with E-state index >= 15 is 0 Å². The van der Waals surface area contributed by atoms with Crippen LogP contribution >= 0.6 is 0 Å². The van der Waals surface area contributed by atoms with Crippen LogP contribution in [0, 0.1) is 11.3 Å². The van der Waals surface area contributed by atoms with E-state index in [4.69, 9.17) is 19.5 Å². The van der Waals surface area contributed by atoms with Crippen molar-refractivity contribution < 1.29 is 14.2 Å². The van der Waals surface area contributed by atoms with Gasteiger partial charge in [0.15, 0.2) is 6.10 Å². The Labute approximate surface area is 99.7 Å². The van der Waals surface area contributed by atoms with E-state index in [1.165, 1.54) is 0 Å². The summed E-state index contributed by atoms with van der Waals surface area (Å²) in [5.74, 6) is 0.758. The molecule has 0 amide bonds. The van der Waals surface area contributed by atoms with Gasteiger partial charge in [-0.3, -0.25) is 0 Å². The van der Waals surface area contributed by atoms with E-state index in [1.807, 2.05) is 0 Å². The van der Waals surface area contributed by atoms with Gasteiger partial charge in [0.05, 0.1) is 24.3 Å². The smallest absolute Gasteiger partial charge is 0.150 e. The van der Waals surface area contributed by atoms with Gasteiger partial charge in [-0.2, -0.15) is 5.26 Å². The average molecular weight is 231 g/mol. The van der Waals surface area contributed by atoms with E-state index in [0.717, 1.165) is 18.8 Å². The van der Waals surface area contributed by atoms with Crippen molar-refractivity contribution in [2.45, 2.75) is 24.7 Å². The largest absolute Gasteiger partial charge is 0.485 e. The van der Waals surface area contributed by atoms with Gasteiger partial charge in [-0.25, -0.2) is 0 Å². The normalized spacial score (nSPS) is 30.9. The van der Waals surface area contributed by atoms with E-state index < -0.39 is 0 Å². The zero-order valence-corrected chi connectivity index (χ0v) is 9.33. The van der Waals surface area contributed by atoms with Gasteiger partial charge in [0, 0.05) is 6.61 Å². The first kappa shape index (κ1) is 10.6. The lowest BCUT2D eigenvalue weighted by atomic mass is 10.1. The molecule has 3 unspecified atom stereocenters. The van der Waals surface area contributed by atoms with Crippen LogP contribution in [-0.2, 0) is 9.47 Å². The van der Waals surface area contributed by atoms with Crippen molar-refractivity contribution in [3.8, 4) is 11.8 Å². The standard InChI is InChI=1S/C13H13NO3/c14-7-9-1-3-10(4-2-9)17-12-8-16-11-5-6-15-13(11)12/h1-4,11-13H,5-6,8H2. The maximum Gasteiger partial charge on any atom is 0.150 e. The number of nitriles is 1. The Bertz CT molecular complexity index is 437. The summed E-state index contributed by atoms with van der Waals surface area (Å²) in [6.07, 6.45) is 1.18. The van der Waals surface area contributed by atoms with Crippen LogP contribution in [0.1, 0.15) is 12.0 Å². The lowest BCUT2D eigenvalue weighted by Gasteiger charge is -2.17. The first-order chi connectivity index (χ1) is 8.36. The van der Waals surface area contributed by atoms with Crippen molar-refractivity contribution in [2.24, 2.45) is 0 Å². The first-order valence-electron chi connectivity index (χ1n) is 5.77. The number of benzene rings is 1. The van der Waals surface area contributed by atoms with Crippen molar-refractivity contribution in [3.05, 3.63) is 29.8 Å². The fourth-order valence-electron chi connectivity index (χ4n) is 2.31. The van der Waals surface area contributed by atoms with Gasteiger partial charge < -0.3 is 14.2 Å². The topological polar surface area (TPSA) is 51.5 Å².